The molecule has 142 valence electrons. The summed E-state index contributed by atoms with van der Waals surface area (Å²) in [6.07, 6.45) is 5.46. The fourth-order valence-electron chi connectivity index (χ4n) is 4.50. The lowest BCUT2D eigenvalue weighted by atomic mass is 9.77. The van der Waals surface area contributed by atoms with Crippen molar-refractivity contribution in [2.45, 2.75) is 50.2 Å². The van der Waals surface area contributed by atoms with Gasteiger partial charge in [-0.05, 0) is 62.1 Å². The number of aromatic hydroxyl groups is 1. The number of nitrogens with zero attached hydrogens (tertiary/aromatic N) is 4. The number of thiophene rings is 1. The second-order valence-corrected chi connectivity index (χ2v) is 9.36. The zero-order chi connectivity index (χ0) is 19.0. The van der Waals surface area contributed by atoms with E-state index >= 15 is 0 Å². The predicted molar refractivity (Wildman–Crippen MR) is 109 cm³/mol. The van der Waals surface area contributed by atoms with E-state index in [-0.39, 0.29) is 11.8 Å². The van der Waals surface area contributed by atoms with Crippen molar-refractivity contribution in [2.75, 3.05) is 0 Å². The topological polar surface area (TPSA) is 84.1 Å². The molecule has 0 spiro atoms. The van der Waals surface area contributed by atoms with Gasteiger partial charge in [0.05, 0.1) is 11.9 Å². The van der Waals surface area contributed by atoms with Crippen LogP contribution in [-0.4, -0.2) is 35.6 Å². The Bertz CT molecular complexity index is 1230. The Labute approximate surface area is 165 Å². The monoisotopic (exact) mass is 392 g/mol. The van der Waals surface area contributed by atoms with Crippen molar-refractivity contribution in [3.8, 4) is 17.0 Å². The van der Waals surface area contributed by atoms with Crippen LogP contribution in [0.4, 0.5) is 0 Å². The van der Waals surface area contributed by atoms with Crippen LogP contribution in [0.15, 0.2) is 29.9 Å². The van der Waals surface area contributed by atoms with Crippen molar-refractivity contribution in [3.05, 3.63) is 35.5 Å². The number of fused-ring (bicyclic) bond motifs is 2. The summed E-state index contributed by atoms with van der Waals surface area (Å²) < 4.78 is 3.11. The summed E-state index contributed by atoms with van der Waals surface area (Å²) >= 11 is 1.61. The molecule has 28 heavy (non-hydrogen) atoms. The van der Waals surface area contributed by atoms with E-state index in [1.54, 1.807) is 11.3 Å². The standard InChI is InChI=1S/C21H20N4O2S/c1-21(27)8-12(9-21)25-10-22-18-16(11-2-3-11)17(23-24-20(18)25)14-4-5-15-13(19(14)26)6-7-28-15/h4-7,10-12,26-27H,2-3,8-9H2,1H3. The fraction of sp³-hybridized carbons (Fsp3) is 0.381. The van der Waals surface area contributed by atoms with E-state index in [9.17, 15) is 10.2 Å². The van der Waals surface area contributed by atoms with Gasteiger partial charge in [-0.1, -0.05) is 0 Å². The van der Waals surface area contributed by atoms with Crippen LogP contribution in [0.5, 0.6) is 5.75 Å². The third kappa shape index (κ3) is 2.32. The van der Waals surface area contributed by atoms with Crippen LogP contribution in [0.1, 0.15) is 50.1 Å². The Kier molecular flexibility index (Phi) is 3.24. The van der Waals surface area contributed by atoms with Crippen LogP contribution in [0.3, 0.4) is 0 Å². The summed E-state index contributed by atoms with van der Waals surface area (Å²) in [4.78, 5) is 4.70. The van der Waals surface area contributed by atoms with Crippen LogP contribution < -0.4 is 0 Å². The summed E-state index contributed by atoms with van der Waals surface area (Å²) in [5.41, 5.74) is 3.62. The van der Waals surface area contributed by atoms with Gasteiger partial charge in [-0.25, -0.2) is 4.98 Å². The maximum Gasteiger partial charge on any atom is 0.183 e. The summed E-state index contributed by atoms with van der Waals surface area (Å²) in [5.74, 6) is 0.683. The molecule has 0 unspecified atom stereocenters. The summed E-state index contributed by atoms with van der Waals surface area (Å²) in [6.45, 7) is 1.87. The molecule has 4 aromatic rings. The van der Waals surface area contributed by atoms with E-state index in [0.29, 0.717) is 18.8 Å². The Morgan fingerprint density at radius 3 is 2.75 bits per heavy atom. The Balaban J connectivity index is 1.53. The zero-order valence-electron chi connectivity index (χ0n) is 15.5. The Morgan fingerprint density at radius 2 is 2.00 bits per heavy atom. The maximum absolute atomic E-state index is 10.9. The van der Waals surface area contributed by atoms with E-state index in [0.717, 1.165) is 50.9 Å². The van der Waals surface area contributed by atoms with Crippen LogP contribution in [-0.2, 0) is 0 Å². The molecule has 3 aromatic heterocycles. The molecule has 0 bridgehead atoms. The maximum atomic E-state index is 10.9. The Hall–Kier alpha value is -2.51. The molecule has 1 aromatic carbocycles. The van der Waals surface area contributed by atoms with E-state index < -0.39 is 5.60 Å². The number of hydrogen-bond acceptors (Lipinski definition) is 6. The summed E-state index contributed by atoms with van der Waals surface area (Å²) in [6, 6.07) is 6.13. The van der Waals surface area contributed by atoms with Gasteiger partial charge in [0, 0.05) is 27.3 Å². The number of benzene rings is 1. The number of hydrogen-bond donors (Lipinski definition) is 2. The number of phenols is 1. The molecule has 7 heteroatoms. The fourth-order valence-corrected chi connectivity index (χ4v) is 5.29. The molecule has 6 nitrogen and oxygen atoms in total. The number of phenolic OH excluding ortho intramolecular Hbond substituents is 1. The molecule has 2 aliphatic rings. The van der Waals surface area contributed by atoms with Crippen LogP contribution in [0.2, 0.25) is 0 Å². The highest BCUT2D eigenvalue weighted by Gasteiger charge is 2.41. The van der Waals surface area contributed by atoms with Crippen molar-refractivity contribution >= 4 is 32.6 Å². The molecule has 0 aliphatic heterocycles. The number of imidazole rings is 1. The average molecular weight is 392 g/mol. The molecule has 0 atom stereocenters. The van der Waals surface area contributed by atoms with Gasteiger partial charge < -0.3 is 14.8 Å². The van der Waals surface area contributed by atoms with Crippen molar-refractivity contribution in [2.24, 2.45) is 0 Å². The molecule has 3 heterocycles. The first-order chi connectivity index (χ1) is 13.5. The summed E-state index contributed by atoms with van der Waals surface area (Å²) in [7, 11) is 0. The van der Waals surface area contributed by atoms with Gasteiger partial charge in [0.2, 0.25) is 0 Å². The minimum atomic E-state index is -0.602. The van der Waals surface area contributed by atoms with Crippen molar-refractivity contribution in [3.63, 3.8) is 0 Å². The van der Waals surface area contributed by atoms with Gasteiger partial charge in [0.1, 0.15) is 17.0 Å². The average Bonchev–Trinajstić information content (AvgIpc) is 3.21. The van der Waals surface area contributed by atoms with Crippen LogP contribution in [0.25, 0.3) is 32.5 Å². The van der Waals surface area contributed by atoms with Gasteiger partial charge >= 0.3 is 0 Å². The molecule has 0 radical (unpaired) electrons. The predicted octanol–water partition coefficient (Wildman–Crippen LogP) is 4.38. The smallest absolute Gasteiger partial charge is 0.183 e. The highest BCUT2D eigenvalue weighted by Crippen LogP contribution is 2.49. The van der Waals surface area contributed by atoms with Gasteiger partial charge in [-0.2, -0.15) is 0 Å². The zero-order valence-corrected chi connectivity index (χ0v) is 16.3. The van der Waals surface area contributed by atoms with Crippen molar-refractivity contribution in [1.29, 1.82) is 0 Å². The molecular formula is C21H20N4O2S. The van der Waals surface area contributed by atoms with Gasteiger partial charge in [0.15, 0.2) is 5.65 Å². The molecule has 0 saturated heterocycles. The minimum Gasteiger partial charge on any atom is -0.507 e. The molecule has 0 amide bonds. The Morgan fingerprint density at radius 1 is 1.18 bits per heavy atom. The lowest BCUT2D eigenvalue weighted by Crippen LogP contribution is -2.41. The minimum absolute atomic E-state index is 0.211. The highest BCUT2D eigenvalue weighted by atomic mass is 32.1. The lowest BCUT2D eigenvalue weighted by molar-refractivity contribution is -0.0499. The molecule has 2 N–H and O–H groups in total. The van der Waals surface area contributed by atoms with Crippen LogP contribution in [0, 0.1) is 0 Å². The third-order valence-electron chi connectivity index (χ3n) is 6.11. The highest BCUT2D eigenvalue weighted by molar-refractivity contribution is 7.17. The summed E-state index contributed by atoms with van der Waals surface area (Å²) in [5, 5.41) is 32.9. The SMILES string of the molecule is CC1(O)CC(n2cnc3c(C4CC4)c(-c4ccc5sccc5c4O)nnc32)C1. The van der Waals surface area contributed by atoms with Gasteiger partial charge in [-0.3, -0.25) is 0 Å². The molecular weight excluding hydrogens is 372 g/mol. The number of aromatic nitrogens is 4. The molecule has 2 saturated carbocycles. The van der Waals surface area contributed by atoms with E-state index in [1.165, 1.54) is 0 Å². The van der Waals surface area contributed by atoms with Gasteiger partial charge in [0.25, 0.3) is 0 Å². The first-order valence-corrected chi connectivity index (χ1v) is 10.5. The van der Waals surface area contributed by atoms with Crippen molar-refractivity contribution < 1.29 is 10.2 Å². The van der Waals surface area contributed by atoms with E-state index in [4.69, 9.17) is 4.98 Å². The third-order valence-corrected chi connectivity index (χ3v) is 7.00. The largest absolute Gasteiger partial charge is 0.507 e. The molecule has 2 fully saturated rings. The number of rotatable bonds is 3. The normalized spacial score (nSPS) is 24.7. The molecule has 6 rings (SSSR count). The van der Waals surface area contributed by atoms with E-state index in [1.807, 2.05) is 36.8 Å². The second-order valence-electron chi connectivity index (χ2n) is 8.41. The van der Waals surface area contributed by atoms with Gasteiger partial charge in [-0.15, -0.1) is 21.5 Å². The van der Waals surface area contributed by atoms with E-state index in [2.05, 4.69) is 14.8 Å². The molecule has 2 aliphatic carbocycles. The van der Waals surface area contributed by atoms with Crippen LogP contribution >= 0.6 is 11.3 Å². The first-order valence-electron chi connectivity index (χ1n) is 9.67. The quantitative estimate of drug-likeness (QED) is 0.541. The van der Waals surface area contributed by atoms with Crippen molar-refractivity contribution in [1.82, 2.24) is 19.7 Å². The lowest BCUT2D eigenvalue weighted by Gasteiger charge is -2.41. The second kappa shape index (κ2) is 5.52. The first kappa shape index (κ1) is 16.4. The number of aliphatic hydroxyl groups is 1.